The van der Waals surface area contributed by atoms with Gasteiger partial charge in [0, 0.05) is 4.91 Å². The zero-order valence-corrected chi connectivity index (χ0v) is 9.11. The first-order valence-corrected chi connectivity index (χ1v) is 5.58. The number of hydrogen-bond donors (Lipinski definition) is 0. The van der Waals surface area contributed by atoms with Crippen molar-refractivity contribution in [3.8, 4) is 0 Å². The number of azide groups is 1. The van der Waals surface area contributed by atoms with Gasteiger partial charge in [-0.25, -0.2) is 0 Å². The molecule has 0 aromatic heterocycles. The zero-order chi connectivity index (χ0) is 10.5. The minimum absolute atomic E-state index is 0.555. The molecule has 0 bridgehead atoms. The Morgan fingerprint density at radius 3 is 2.14 bits per heavy atom. The van der Waals surface area contributed by atoms with E-state index in [9.17, 15) is 0 Å². The molecule has 0 N–H and O–H groups in total. The van der Waals surface area contributed by atoms with Crippen LogP contribution in [0.25, 0.3) is 10.4 Å². The molecule has 82 valence electrons. The molecule has 0 aliphatic rings. The van der Waals surface area contributed by atoms with E-state index in [4.69, 9.17) is 5.53 Å². The fourth-order valence-electron chi connectivity index (χ4n) is 1.37. The highest BCUT2D eigenvalue weighted by Crippen LogP contribution is 2.08. The normalized spacial score (nSPS) is 9.50. The quantitative estimate of drug-likeness (QED) is 0.169. The second-order valence-electron chi connectivity index (χ2n) is 3.48. The molecule has 0 amide bonds. The Morgan fingerprint density at radius 2 is 1.57 bits per heavy atom. The maximum atomic E-state index is 7.92. The summed E-state index contributed by atoms with van der Waals surface area (Å²) in [4.78, 5) is 7.14. The first kappa shape index (κ1) is 13.1. The second kappa shape index (κ2) is 12.1. The Labute approximate surface area is 86.2 Å². The third-order valence-corrected chi connectivity index (χ3v) is 2.18. The summed E-state index contributed by atoms with van der Waals surface area (Å²) in [5.41, 5.74) is 7.92. The van der Waals surface area contributed by atoms with Gasteiger partial charge >= 0.3 is 0 Å². The average Bonchev–Trinajstić information content (AvgIpc) is 2.21. The van der Waals surface area contributed by atoms with E-state index in [2.05, 4.69) is 22.0 Å². The van der Waals surface area contributed by atoms with E-state index in [0.717, 1.165) is 6.42 Å². The van der Waals surface area contributed by atoms with Crippen LogP contribution in [0.4, 0.5) is 0 Å². The largest absolute Gasteiger partial charge is 0.434 e. The molecular formula is C10H21N3O. The predicted octanol–water partition coefficient (Wildman–Crippen LogP) is 4.37. The van der Waals surface area contributed by atoms with Gasteiger partial charge in [-0.2, -0.15) is 0 Å². The molecule has 0 aromatic rings. The van der Waals surface area contributed by atoms with Crippen molar-refractivity contribution >= 4 is 0 Å². The summed E-state index contributed by atoms with van der Waals surface area (Å²) in [7, 11) is 0. The van der Waals surface area contributed by atoms with Crippen molar-refractivity contribution in [3.05, 3.63) is 10.4 Å². The lowest BCUT2D eigenvalue weighted by atomic mass is 10.1. The molecule has 0 radical (unpaired) electrons. The van der Waals surface area contributed by atoms with Crippen molar-refractivity contribution in [2.45, 2.75) is 58.3 Å². The van der Waals surface area contributed by atoms with Crippen LogP contribution in [0.1, 0.15) is 58.3 Å². The Balaban J connectivity index is 2.88. The van der Waals surface area contributed by atoms with Gasteiger partial charge in [0.1, 0.15) is 5.28 Å². The van der Waals surface area contributed by atoms with Crippen LogP contribution in [-0.2, 0) is 4.84 Å². The van der Waals surface area contributed by atoms with E-state index in [1.165, 1.54) is 44.9 Å². The van der Waals surface area contributed by atoms with Crippen molar-refractivity contribution in [1.82, 2.24) is 0 Å². The van der Waals surface area contributed by atoms with Crippen LogP contribution in [0.5, 0.6) is 0 Å². The summed E-state index contributed by atoms with van der Waals surface area (Å²) < 4.78 is 0. The molecule has 0 aliphatic carbocycles. The fraction of sp³-hybridized carbons (Fsp3) is 1.00. The molecule has 0 heterocycles. The van der Waals surface area contributed by atoms with Crippen molar-refractivity contribution < 1.29 is 4.84 Å². The fourth-order valence-corrected chi connectivity index (χ4v) is 1.37. The van der Waals surface area contributed by atoms with Crippen LogP contribution in [0.2, 0.25) is 0 Å². The van der Waals surface area contributed by atoms with E-state index in [1.807, 2.05) is 0 Å². The Hall–Kier alpha value is -0.890. The van der Waals surface area contributed by atoms with Gasteiger partial charge in [0.2, 0.25) is 0 Å². The van der Waals surface area contributed by atoms with Gasteiger partial charge in [0.15, 0.2) is 0 Å². The van der Waals surface area contributed by atoms with Crippen LogP contribution in [-0.4, -0.2) is 6.61 Å². The third-order valence-electron chi connectivity index (χ3n) is 2.18. The van der Waals surface area contributed by atoms with Gasteiger partial charge < -0.3 is 4.84 Å². The van der Waals surface area contributed by atoms with E-state index in [-0.39, 0.29) is 0 Å². The average molecular weight is 199 g/mol. The molecule has 4 heteroatoms. The molecule has 0 aliphatic heterocycles. The second-order valence-corrected chi connectivity index (χ2v) is 3.48. The van der Waals surface area contributed by atoms with Gasteiger partial charge in [-0.15, -0.1) is 0 Å². The lowest BCUT2D eigenvalue weighted by molar-refractivity contribution is 0.134. The SMILES string of the molecule is CCCCCCCCCCON=[N+]=[N-]. The van der Waals surface area contributed by atoms with E-state index in [1.54, 1.807) is 0 Å². The smallest absolute Gasteiger partial charge is 0.111 e. The molecule has 0 saturated heterocycles. The highest BCUT2D eigenvalue weighted by atomic mass is 16.6. The third kappa shape index (κ3) is 11.1. The summed E-state index contributed by atoms with van der Waals surface area (Å²) in [5.74, 6) is 0. The summed E-state index contributed by atoms with van der Waals surface area (Å²) in [5, 5.41) is 3.01. The molecule has 0 aromatic carbocycles. The highest BCUT2D eigenvalue weighted by molar-refractivity contribution is 4.45. The van der Waals surface area contributed by atoms with Crippen LogP contribution >= 0.6 is 0 Å². The zero-order valence-electron chi connectivity index (χ0n) is 9.11. The first-order chi connectivity index (χ1) is 6.91. The molecule has 0 saturated carbocycles. The van der Waals surface area contributed by atoms with Crippen LogP contribution in [0.15, 0.2) is 5.28 Å². The van der Waals surface area contributed by atoms with Gasteiger partial charge in [-0.3, -0.25) is 0 Å². The maximum absolute atomic E-state index is 7.92. The number of nitrogens with zero attached hydrogens (tertiary/aromatic N) is 3. The maximum Gasteiger partial charge on any atom is 0.111 e. The first-order valence-electron chi connectivity index (χ1n) is 5.58. The van der Waals surface area contributed by atoms with Gasteiger partial charge in [0.05, 0.1) is 6.61 Å². The van der Waals surface area contributed by atoms with Crippen molar-refractivity contribution in [1.29, 1.82) is 0 Å². The van der Waals surface area contributed by atoms with E-state index < -0.39 is 0 Å². The summed E-state index contributed by atoms with van der Waals surface area (Å²) >= 11 is 0. The Kier molecular flexibility index (Phi) is 11.3. The van der Waals surface area contributed by atoms with Crippen LogP contribution < -0.4 is 0 Å². The molecule has 14 heavy (non-hydrogen) atoms. The molecule has 0 fully saturated rings. The summed E-state index contributed by atoms with van der Waals surface area (Å²) in [6.45, 7) is 2.78. The van der Waals surface area contributed by atoms with Gasteiger partial charge in [-0.1, -0.05) is 51.9 Å². The topological polar surface area (TPSA) is 58.0 Å². The van der Waals surface area contributed by atoms with Gasteiger partial charge in [-0.05, 0) is 12.0 Å². The van der Waals surface area contributed by atoms with Crippen molar-refractivity contribution in [2.75, 3.05) is 6.61 Å². The Morgan fingerprint density at radius 1 is 1.00 bits per heavy atom. The monoisotopic (exact) mass is 199 g/mol. The molecule has 0 unspecified atom stereocenters. The molecule has 4 nitrogen and oxygen atoms in total. The minimum atomic E-state index is 0.555. The molecule has 0 rings (SSSR count). The standard InChI is InChI=1S/C10H21N3O/c1-2-3-4-5-6-7-8-9-10-14-13-12-11/h2-10H2,1H3. The number of unbranched alkanes of at least 4 members (excludes halogenated alkanes) is 7. The number of hydrogen-bond acceptors (Lipinski definition) is 2. The van der Waals surface area contributed by atoms with Crippen LogP contribution in [0, 0.1) is 0 Å². The van der Waals surface area contributed by atoms with Crippen LogP contribution in [0.3, 0.4) is 0 Å². The summed E-state index contributed by atoms with van der Waals surface area (Å²) in [6.07, 6.45) is 10.1. The molecular weight excluding hydrogens is 178 g/mol. The van der Waals surface area contributed by atoms with E-state index in [0.29, 0.717) is 6.61 Å². The van der Waals surface area contributed by atoms with Crippen molar-refractivity contribution in [3.63, 3.8) is 0 Å². The lowest BCUT2D eigenvalue weighted by Gasteiger charge is -2.00. The Bertz CT molecular complexity index is 155. The van der Waals surface area contributed by atoms with Gasteiger partial charge in [0.25, 0.3) is 0 Å². The lowest BCUT2D eigenvalue weighted by Crippen LogP contribution is -1.87. The minimum Gasteiger partial charge on any atom is -0.434 e. The molecule has 0 atom stereocenters. The van der Waals surface area contributed by atoms with Crippen molar-refractivity contribution in [2.24, 2.45) is 5.28 Å². The molecule has 0 spiro atoms. The predicted molar refractivity (Wildman–Crippen MR) is 57.7 cm³/mol. The number of rotatable bonds is 10. The highest BCUT2D eigenvalue weighted by Gasteiger charge is 1.91. The summed E-state index contributed by atoms with van der Waals surface area (Å²) in [6, 6.07) is 0. The van der Waals surface area contributed by atoms with E-state index >= 15 is 0 Å².